The van der Waals surface area contributed by atoms with Crippen molar-refractivity contribution < 1.29 is 27.9 Å². The van der Waals surface area contributed by atoms with E-state index in [0.717, 1.165) is 11.1 Å². The summed E-state index contributed by atoms with van der Waals surface area (Å²) in [4.78, 5) is 31.5. The van der Waals surface area contributed by atoms with Gasteiger partial charge in [-0.05, 0) is 25.2 Å². The van der Waals surface area contributed by atoms with Crippen LogP contribution >= 0.6 is 0 Å². The van der Waals surface area contributed by atoms with Gasteiger partial charge < -0.3 is 21.1 Å². The first kappa shape index (κ1) is 26.4. The molecular formula is C24H26F3N9O3. The van der Waals surface area contributed by atoms with Crippen LogP contribution in [0.5, 0.6) is 0 Å². The van der Waals surface area contributed by atoms with Gasteiger partial charge in [0.25, 0.3) is 5.91 Å². The molecule has 0 spiro atoms. The van der Waals surface area contributed by atoms with Gasteiger partial charge >= 0.3 is 6.18 Å². The normalized spacial score (nSPS) is 21.1. The molecular weight excluding hydrogens is 519 g/mol. The van der Waals surface area contributed by atoms with Crippen molar-refractivity contribution in [3.8, 4) is 17.3 Å². The lowest BCUT2D eigenvalue weighted by molar-refractivity contribution is -0.208. The molecule has 5 rings (SSSR count). The highest BCUT2D eigenvalue weighted by Crippen LogP contribution is 2.47. The molecule has 0 bridgehead atoms. The third kappa shape index (κ3) is 4.87. The second-order valence-electron chi connectivity index (χ2n) is 10.0. The number of nitrogens with zero attached hydrogens (tertiary/aromatic N) is 7. The number of nitrogens with two attached hydrogens (primary N) is 1. The predicted molar refractivity (Wildman–Crippen MR) is 130 cm³/mol. The highest BCUT2D eigenvalue weighted by atomic mass is 19.4. The van der Waals surface area contributed by atoms with Gasteiger partial charge in [0.05, 0.1) is 48.1 Å². The minimum atomic E-state index is -4.78. The first-order valence-electron chi connectivity index (χ1n) is 12.4. The van der Waals surface area contributed by atoms with Crippen LogP contribution in [0, 0.1) is 22.7 Å². The summed E-state index contributed by atoms with van der Waals surface area (Å²) in [5, 5.41) is 30.2. The molecule has 1 aliphatic heterocycles. The Morgan fingerprint density at radius 1 is 1.28 bits per heavy atom. The summed E-state index contributed by atoms with van der Waals surface area (Å²) in [5.41, 5.74) is 6.02. The fourth-order valence-electron chi connectivity index (χ4n) is 4.88. The molecule has 3 aromatic heterocycles. The number of amides is 2. The van der Waals surface area contributed by atoms with Gasteiger partial charge in [0.2, 0.25) is 5.91 Å². The van der Waals surface area contributed by atoms with Crippen LogP contribution < -0.4 is 11.1 Å². The van der Waals surface area contributed by atoms with E-state index in [1.54, 1.807) is 4.90 Å². The summed E-state index contributed by atoms with van der Waals surface area (Å²) in [6.45, 7) is 2.00. The first-order valence-corrected chi connectivity index (χ1v) is 12.4. The molecule has 1 saturated carbocycles. The molecule has 4 heterocycles. The van der Waals surface area contributed by atoms with Gasteiger partial charge in [0, 0.05) is 30.9 Å². The summed E-state index contributed by atoms with van der Waals surface area (Å²) in [6, 6.07) is 1.88. The Bertz CT molecular complexity index is 1470. The van der Waals surface area contributed by atoms with Crippen molar-refractivity contribution in [1.29, 1.82) is 5.26 Å². The van der Waals surface area contributed by atoms with E-state index < -0.39 is 30.1 Å². The number of hydrogen-bond acceptors (Lipinski definition) is 8. The number of rotatable bonds is 8. The summed E-state index contributed by atoms with van der Waals surface area (Å²) in [7, 11) is 0. The lowest BCUT2D eigenvalue weighted by atomic mass is 10.0. The molecule has 1 aliphatic carbocycles. The highest BCUT2D eigenvalue weighted by molar-refractivity contribution is 6.01. The minimum Gasteiger partial charge on any atom is -0.382 e. The molecule has 0 aromatic carbocycles. The Morgan fingerprint density at radius 3 is 2.64 bits per heavy atom. The van der Waals surface area contributed by atoms with Crippen LogP contribution in [-0.4, -0.2) is 77.6 Å². The minimum absolute atomic E-state index is 0.0325. The SMILES string of the molecule is CC[C@@H]1CN(C(=O)C2(C#N)CC2)C[C@H]1Nc1c(C(N)=O)cnn2cc(-c3cnn(C[C@H](O)C(F)(F)F)c3)nc12. The molecule has 206 valence electrons. The molecule has 39 heavy (non-hydrogen) atoms. The number of halogens is 3. The van der Waals surface area contributed by atoms with Gasteiger partial charge in [0.15, 0.2) is 11.8 Å². The zero-order chi connectivity index (χ0) is 28.1. The largest absolute Gasteiger partial charge is 0.416 e. The maximum atomic E-state index is 13.0. The zero-order valence-corrected chi connectivity index (χ0v) is 20.9. The Kier molecular flexibility index (Phi) is 6.45. The number of anilines is 1. The summed E-state index contributed by atoms with van der Waals surface area (Å²) < 4.78 is 40.5. The highest BCUT2D eigenvalue weighted by Gasteiger charge is 2.54. The van der Waals surface area contributed by atoms with Crippen molar-refractivity contribution in [3.63, 3.8) is 0 Å². The number of aromatic nitrogens is 5. The number of alkyl halides is 3. The van der Waals surface area contributed by atoms with E-state index >= 15 is 0 Å². The summed E-state index contributed by atoms with van der Waals surface area (Å²) in [5.74, 6) is -0.894. The summed E-state index contributed by atoms with van der Waals surface area (Å²) >= 11 is 0. The van der Waals surface area contributed by atoms with E-state index in [-0.39, 0.29) is 29.1 Å². The topological polar surface area (TPSA) is 167 Å². The van der Waals surface area contributed by atoms with Crippen LogP contribution in [0.3, 0.4) is 0 Å². The van der Waals surface area contributed by atoms with Crippen LogP contribution in [0.25, 0.3) is 16.9 Å². The van der Waals surface area contributed by atoms with Crippen LogP contribution in [0.1, 0.15) is 36.5 Å². The number of aliphatic hydroxyl groups excluding tert-OH is 1. The van der Waals surface area contributed by atoms with E-state index in [9.17, 15) is 33.1 Å². The molecule has 12 nitrogen and oxygen atoms in total. The van der Waals surface area contributed by atoms with Gasteiger partial charge in [-0.2, -0.15) is 28.6 Å². The smallest absolute Gasteiger partial charge is 0.382 e. The number of carbonyl (C=O) groups is 2. The second kappa shape index (κ2) is 9.53. The quantitative estimate of drug-likeness (QED) is 0.383. The number of carbonyl (C=O) groups excluding carboxylic acids is 2. The number of aliphatic hydroxyl groups is 1. The summed E-state index contributed by atoms with van der Waals surface area (Å²) in [6.07, 6.45) is -0.0850. The van der Waals surface area contributed by atoms with Gasteiger partial charge in [-0.1, -0.05) is 6.92 Å². The third-order valence-electron chi connectivity index (χ3n) is 7.38. The van der Waals surface area contributed by atoms with Crippen molar-refractivity contribution in [2.75, 3.05) is 18.4 Å². The van der Waals surface area contributed by atoms with Crippen molar-refractivity contribution in [2.45, 2.75) is 51.1 Å². The average molecular weight is 546 g/mol. The molecule has 4 N–H and O–H groups in total. The van der Waals surface area contributed by atoms with E-state index in [1.807, 2.05) is 6.92 Å². The lowest BCUT2D eigenvalue weighted by Crippen LogP contribution is -2.36. The van der Waals surface area contributed by atoms with Gasteiger partial charge in [0.1, 0.15) is 5.41 Å². The maximum absolute atomic E-state index is 13.0. The fraction of sp³-hybridized carbons (Fsp3) is 0.500. The third-order valence-corrected chi connectivity index (χ3v) is 7.38. The van der Waals surface area contributed by atoms with E-state index in [0.29, 0.717) is 42.9 Å². The van der Waals surface area contributed by atoms with E-state index in [2.05, 4.69) is 26.6 Å². The van der Waals surface area contributed by atoms with Gasteiger partial charge in [-0.3, -0.25) is 14.3 Å². The monoisotopic (exact) mass is 545 g/mol. The Balaban J connectivity index is 1.44. The van der Waals surface area contributed by atoms with Gasteiger partial charge in [-0.15, -0.1) is 0 Å². The second-order valence-corrected chi connectivity index (χ2v) is 10.0. The van der Waals surface area contributed by atoms with Gasteiger partial charge in [-0.25, -0.2) is 9.50 Å². The molecule has 3 aromatic rings. The van der Waals surface area contributed by atoms with Crippen LogP contribution in [0.2, 0.25) is 0 Å². The molecule has 2 aliphatic rings. The standard InChI is InChI=1S/C24H26F3N9O3/c1-2-13-7-34(22(39)23(12-28)3-4-23)9-16(13)32-19-15(20(29)38)6-31-36-10-17(33-21(19)36)14-5-30-35(8-14)11-18(37)24(25,26)27/h5-6,8,10,13,16,18,32,37H,2-4,7,9,11H2,1H3,(H2,29,38)/t13-,16-,18+/m1/s1. The maximum Gasteiger partial charge on any atom is 0.416 e. The van der Waals surface area contributed by atoms with Crippen LogP contribution in [-0.2, 0) is 11.3 Å². The van der Waals surface area contributed by atoms with E-state index in [4.69, 9.17) is 5.73 Å². The Labute approximate surface area is 220 Å². The van der Waals surface area contributed by atoms with Crippen molar-refractivity contribution >= 4 is 23.1 Å². The van der Waals surface area contributed by atoms with Crippen molar-refractivity contribution in [2.24, 2.45) is 17.1 Å². The molecule has 0 radical (unpaired) electrons. The van der Waals surface area contributed by atoms with Crippen LogP contribution in [0.15, 0.2) is 24.8 Å². The van der Waals surface area contributed by atoms with Crippen molar-refractivity contribution in [1.82, 2.24) is 29.3 Å². The first-order chi connectivity index (χ1) is 18.5. The fourth-order valence-corrected chi connectivity index (χ4v) is 4.88. The Hall–Kier alpha value is -4.19. The lowest BCUT2D eigenvalue weighted by Gasteiger charge is -2.21. The number of nitriles is 1. The Morgan fingerprint density at radius 2 is 2.03 bits per heavy atom. The molecule has 2 amide bonds. The van der Waals surface area contributed by atoms with Crippen molar-refractivity contribution in [3.05, 3.63) is 30.4 Å². The number of fused-ring (bicyclic) bond motifs is 1. The predicted octanol–water partition coefficient (Wildman–Crippen LogP) is 1.57. The van der Waals surface area contributed by atoms with E-state index in [1.165, 1.54) is 29.3 Å². The van der Waals surface area contributed by atoms with Crippen LogP contribution in [0.4, 0.5) is 18.9 Å². The number of imidazole rings is 1. The number of nitrogens with one attached hydrogen (secondary N) is 1. The molecule has 2 fully saturated rings. The molecule has 1 saturated heterocycles. The molecule has 15 heteroatoms. The number of primary amides is 1. The zero-order valence-electron chi connectivity index (χ0n) is 20.9. The molecule has 0 unspecified atom stereocenters. The average Bonchev–Trinajstić information content (AvgIpc) is 3.20. The number of hydrogen-bond donors (Lipinski definition) is 3. The molecule has 3 atom stereocenters. The number of likely N-dealkylation sites (tertiary alicyclic amines) is 1.